The van der Waals surface area contributed by atoms with Gasteiger partial charge in [-0.2, -0.15) is 5.26 Å². The Labute approximate surface area is 105 Å². The highest BCUT2D eigenvalue weighted by molar-refractivity contribution is 5.84. The molecule has 4 nitrogen and oxygen atoms in total. The van der Waals surface area contributed by atoms with Gasteiger partial charge >= 0.3 is 0 Å². The topological polar surface area (TPSA) is 56.1 Å². The van der Waals surface area contributed by atoms with Gasteiger partial charge in [0.15, 0.2) is 0 Å². The first-order chi connectivity index (χ1) is 7.67. The van der Waals surface area contributed by atoms with E-state index in [4.69, 9.17) is 5.26 Å². The molecule has 0 fully saturated rings. The van der Waals surface area contributed by atoms with Crippen molar-refractivity contribution in [1.82, 2.24) is 10.2 Å². The number of nitrogens with one attached hydrogen (secondary N) is 1. The van der Waals surface area contributed by atoms with Crippen LogP contribution in [0.2, 0.25) is 0 Å². The van der Waals surface area contributed by atoms with Crippen molar-refractivity contribution < 1.29 is 4.79 Å². The number of nitriles is 1. The fourth-order valence-corrected chi connectivity index (χ4v) is 1.72. The summed E-state index contributed by atoms with van der Waals surface area (Å²) in [7, 11) is 4.02. The van der Waals surface area contributed by atoms with Gasteiger partial charge in [0.05, 0.1) is 6.07 Å². The fourth-order valence-electron chi connectivity index (χ4n) is 1.72. The number of nitrogens with zero attached hydrogens (tertiary/aromatic N) is 2. The standard InChI is InChI=1S/C13H25N3O/c1-7-13(4,8-14)11(17)15-9-12(2,3)10-16(5)6/h7,9-10H2,1-6H3,(H,15,17). The van der Waals surface area contributed by atoms with Crippen molar-refractivity contribution in [3.8, 4) is 6.07 Å². The summed E-state index contributed by atoms with van der Waals surface area (Å²) >= 11 is 0. The molecule has 98 valence electrons. The monoisotopic (exact) mass is 239 g/mol. The SMILES string of the molecule is CCC(C)(C#N)C(=O)NCC(C)(C)CN(C)C. The van der Waals surface area contributed by atoms with E-state index in [1.165, 1.54) is 0 Å². The van der Waals surface area contributed by atoms with Crippen LogP contribution in [0, 0.1) is 22.2 Å². The van der Waals surface area contributed by atoms with Crippen molar-refractivity contribution in [3.05, 3.63) is 0 Å². The Kier molecular flexibility index (Phi) is 5.63. The van der Waals surface area contributed by atoms with Crippen molar-refractivity contribution in [2.75, 3.05) is 27.2 Å². The quantitative estimate of drug-likeness (QED) is 0.766. The van der Waals surface area contributed by atoms with Gasteiger partial charge < -0.3 is 10.2 Å². The first kappa shape index (κ1) is 15.9. The van der Waals surface area contributed by atoms with Gasteiger partial charge in [0, 0.05) is 13.1 Å². The minimum atomic E-state index is -0.909. The summed E-state index contributed by atoms with van der Waals surface area (Å²) in [4.78, 5) is 14.0. The smallest absolute Gasteiger partial charge is 0.240 e. The highest BCUT2D eigenvalue weighted by Gasteiger charge is 2.32. The lowest BCUT2D eigenvalue weighted by Crippen LogP contribution is -2.44. The molecule has 4 heteroatoms. The minimum absolute atomic E-state index is 0.00324. The summed E-state index contributed by atoms with van der Waals surface area (Å²) in [6.45, 7) is 9.21. The van der Waals surface area contributed by atoms with Crippen molar-refractivity contribution in [3.63, 3.8) is 0 Å². The van der Waals surface area contributed by atoms with Gasteiger partial charge in [0.2, 0.25) is 5.91 Å². The minimum Gasteiger partial charge on any atom is -0.354 e. The van der Waals surface area contributed by atoms with E-state index < -0.39 is 5.41 Å². The maximum Gasteiger partial charge on any atom is 0.240 e. The molecule has 17 heavy (non-hydrogen) atoms. The van der Waals surface area contributed by atoms with E-state index in [1.54, 1.807) is 6.92 Å². The van der Waals surface area contributed by atoms with Gasteiger partial charge in [0.25, 0.3) is 0 Å². The molecular formula is C13H25N3O. The molecule has 1 unspecified atom stereocenters. The predicted molar refractivity (Wildman–Crippen MR) is 69.4 cm³/mol. The number of amides is 1. The molecule has 0 aromatic heterocycles. The van der Waals surface area contributed by atoms with E-state index in [2.05, 4.69) is 30.1 Å². The van der Waals surface area contributed by atoms with Crippen LogP contribution in [0.25, 0.3) is 0 Å². The molecule has 0 spiro atoms. The van der Waals surface area contributed by atoms with Gasteiger partial charge in [-0.05, 0) is 32.9 Å². The van der Waals surface area contributed by atoms with Crippen LogP contribution in [0.1, 0.15) is 34.1 Å². The van der Waals surface area contributed by atoms with Crippen LogP contribution in [-0.2, 0) is 4.79 Å². The Balaban J connectivity index is 4.39. The van der Waals surface area contributed by atoms with Crippen LogP contribution >= 0.6 is 0 Å². The average Bonchev–Trinajstić information content (AvgIpc) is 2.23. The van der Waals surface area contributed by atoms with Crippen molar-refractivity contribution >= 4 is 5.91 Å². The lowest BCUT2D eigenvalue weighted by molar-refractivity contribution is -0.128. The molecule has 0 heterocycles. The summed E-state index contributed by atoms with van der Waals surface area (Å²) in [5, 5.41) is 11.9. The number of hydrogen-bond donors (Lipinski definition) is 1. The molecule has 1 amide bonds. The van der Waals surface area contributed by atoms with Crippen molar-refractivity contribution in [2.45, 2.75) is 34.1 Å². The Bertz CT molecular complexity index is 304. The molecule has 0 aliphatic rings. The van der Waals surface area contributed by atoms with Crippen molar-refractivity contribution in [2.24, 2.45) is 10.8 Å². The lowest BCUT2D eigenvalue weighted by atomic mass is 9.87. The molecule has 0 aliphatic heterocycles. The summed E-state index contributed by atoms with van der Waals surface area (Å²) in [6, 6.07) is 2.08. The largest absolute Gasteiger partial charge is 0.354 e. The third-order valence-corrected chi connectivity index (χ3v) is 2.93. The molecule has 1 N–H and O–H groups in total. The Morgan fingerprint density at radius 2 is 1.88 bits per heavy atom. The average molecular weight is 239 g/mol. The fraction of sp³-hybridized carbons (Fsp3) is 0.846. The molecule has 0 aromatic rings. The first-order valence-corrected chi connectivity index (χ1v) is 6.01. The Hall–Kier alpha value is -1.08. The molecule has 0 saturated heterocycles. The maximum absolute atomic E-state index is 11.9. The molecule has 0 saturated carbocycles. The Morgan fingerprint density at radius 3 is 2.24 bits per heavy atom. The molecule has 0 aromatic carbocycles. The third-order valence-electron chi connectivity index (χ3n) is 2.93. The molecular weight excluding hydrogens is 214 g/mol. The van der Waals surface area contributed by atoms with E-state index in [0.29, 0.717) is 13.0 Å². The molecule has 0 aliphatic carbocycles. The van der Waals surface area contributed by atoms with E-state index in [-0.39, 0.29) is 11.3 Å². The zero-order valence-electron chi connectivity index (χ0n) is 11.9. The van der Waals surface area contributed by atoms with Gasteiger partial charge in [-0.25, -0.2) is 0 Å². The van der Waals surface area contributed by atoms with Gasteiger partial charge in [-0.15, -0.1) is 0 Å². The summed E-state index contributed by atoms with van der Waals surface area (Å²) < 4.78 is 0. The van der Waals surface area contributed by atoms with Crippen LogP contribution in [0.4, 0.5) is 0 Å². The van der Waals surface area contributed by atoms with E-state index >= 15 is 0 Å². The zero-order chi connectivity index (χ0) is 13.7. The first-order valence-electron chi connectivity index (χ1n) is 6.01. The maximum atomic E-state index is 11.9. The number of hydrogen-bond acceptors (Lipinski definition) is 3. The summed E-state index contributed by atoms with van der Waals surface area (Å²) in [6.07, 6.45) is 0.531. The van der Waals surface area contributed by atoms with Crippen LogP contribution in [-0.4, -0.2) is 38.0 Å². The highest BCUT2D eigenvalue weighted by Crippen LogP contribution is 2.21. The number of rotatable bonds is 6. The van der Waals surface area contributed by atoms with E-state index in [9.17, 15) is 4.79 Å². The van der Waals surface area contributed by atoms with Crippen LogP contribution in [0.5, 0.6) is 0 Å². The number of carbonyl (C=O) groups is 1. The van der Waals surface area contributed by atoms with E-state index in [0.717, 1.165) is 6.54 Å². The second-order valence-electron chi connectivity index (χ2n) is 5.88. The zero-order valence-corrected chi connectivity index (χ0v) is 11.9. The van der Waals surface area contributed by atoms with Crippen LogP contribution in [0.3, 0.4) is 0 Å². The summed E-state index contributed by atoms with van der Waals surface area (Å²) in [5.41, 5.74) is -0.905. The lowest BCUT2D eigenvalue weighted by Gasteiger charge is -2.30. The second kappa shape index (κ2) is 6.02. The number of carbonyl (C=O) groups excluding carboxylic acids is 1. The molecule has 0 rings (SSSR count). The van der Waals surface area contributed by atoms with Gasteiger partial charge in [-0.3, -0.25) is 4.79 Å². The van der Waals surface area contributed by atoms with Gasteiger partial charge in [0.1, 0.15) is 5.41 Å². The highest BCUT2D eigenvalue weighted by atomic mass is 16.2. The van der Waals surface area contributed by atoms with E-state index in [1.807, 2.05) is 21.0 Å². The molecule has 1 atom stereocenters. The van der Waals surface area contributed by atoms with Crippen LogP contribution in [0.15, 0.2) is 0 Å². The summed E-state index contributed by atoms with van der Waals surface area (Å²) in [5.74, 6) is -0.172. The molecule has 0 bridgehead atoms. The van der Waals surface area contributed by atoms with Crippen LogP contribution < -0.4 is 5.32 Å². The third kappa shape index (κ3) is 5.18. The Morgan fingerprint density at radius 1 is 1.35 bits per heavy atom. The van der Waals surface area contributed by atoms with Gasteiger partial charge in [-0.1, -0.05) is 20.8 Å². The second-order valence-corrected chi connectivity index (χ2v) is 5.88. The molecule has 0 radical (unpaired) electrons. The predicted octanol–water partition coefficient (Wildman–Crippen LogP) is 1.63. The van der Waals surface area contributed by atoms with Crippen molar-refractivity contribution in [1.29, 1.82) is 5.26 Å². The normalized spacial score (nSPS) is 15.2.